The summed E-state index contributed by atoms with van der Waals surface area (Å²) in [7, 11) is 1.52. The normalized spacial score (nSPS) is 21.0. The lowest BCUT2D eigenvalue weighted by Gasteiger charge is -2.26. The Morgan fingerprint density at radius 3 is 2.55 bits per heavy atom. The van der Waals surface area contributed by atoms with Crippen molar-refractivity contribution in [2.24, 2.45) is 5.92 Å². The van der Waals surface area contributed by atoms with Crippen LogP contribution in [0.1, 0.15) is 31.4 Å². The molecule has 0 atom stereocenters. The fraction of sp³-hybridized carbons (Fsp3) is 0.533. The van der Waals surface area contributed by atoms with Crippen molar-refractivity contribution >= 4 is 17.8 Å². The number of carboxylic acids is 1. The first kappa shape index (κ1) is 16.1. The first-order valence-electron chi connectivity index (χ1n) is 7.31. The topological polar surface area (TPSA) is 101 Å². The van der Waals surface area contributed by atoms with Crippen LogP contribution in [0.4, 0.5) is 10.6 Å². The van der Waals surface area contributed by atoms with Crippen LogP contribution in [0.2, 0.25) is 0 Å². The van der Waals surface area contributed by atoms with E-state index in [-0.39, 0.29) is 18.0 Å². The minimum atomic E-state index is -0.753. The minimum absolute atomic E-state index is 0.00796. The number of nitrogens with one attached hydrogen (secondary N) is 2. The molecule has 0 aromatic carbocycles. The predicted octanol–water partition coefficient (Wildman–Crippen LogP) is 2.16. The third-order valence-corrected chi connectivity index (χ3v) is 3.86. The number of hydrogen-bond donors (Lipinski definition) is 3. The molecule has 2 rings (SSSR count). The van der Waals surface area contributed by atoms with E-state index in [4.69, 9.17) is 9.84 Å². The van der Waals surface area contributed by atoms with Crippen LogP contribution in [-0.4, -0.2) is 35.2 Å². The number of urea groups is 1. The van der Waals surface area contributed by atoms with E-state index in [0.717, 1.165) is 5.69 Å². The van der Waals surface area contributed by atoms with Gasteiger partial charge in [0.05, 0.1) is 13.0 Å². The van der Waals surface area contributed by atoms with Gasteiger partial charge in [-0.15, -0.1) is 0 Å². The molecule has 1 saturated carbocycles. The number of methoxy groups -OCH3 is 1. The van der Waals surface area contributed by atoms with Gasteiger partial charge in [-0.1, -0.05) is 0 Å². The number of nitrogens with zero attached hydrogens (tertiary/aromatic N) is 1. The van der Waals surface area contributed by atoms with E-state index in [1.165, 1.54) is 7.11 Å². The standard InChI is InChI=1S/C15H21N3O4/c1-9-3-8-12(22-2)13(16-9)18-15(21)17-11-6-4-10(5-7-11)14(19)20/h3,8,10-11H,4-7H2,1-2H3,(H,19,20)(H2,16,17,18,21). The zero-order valence-electron chi connectivity index (χ0n) is 12.8. The van der Waals surface area contributed by atoms with Gasteiger partial charge in [0, 0.05) is 11.7 Å². The molecular formula is C15H21N3O4. The van der Waals surface area contributed by atoms with Crippen molar-refractivity contribution in [2.75, 3.05) is 12.4 Å². The largest absolute Gasteiger partial charge is 0.493 e. The Labute approximate surface area is 129 Å². The molecule has 1 aromatic heterocycles. The lowest BCUT2D eigenvalue weighted by molar-refractivity contribution is -0.142. The average Bonchev–Trinajstić information content (AvgIpc) is 2.48. The Morgan fingerprint density at radius 2 is 1.95 bits per heavy atom. The highest BCUT2D eigenvalue weighted by molar-refractivity contribution is 5.89. The lowest BCUT2D eigenvalue weighted by atomic mass is 9.86. The van der Waals surface area contributed by atoms with Crippen LogP contribution < -0.4 is 15.4 Å². The van der Waals surface area contributed by atoms with Crippen molar-refractivity contribution in [3.63, 3.8) is 0 Å². The van der Waals surface area contributed by atoms with E-state index in [0.29, 0.717) is 37.3 Å². The zero-order valence-corrected chi connectivity index (χ0v) is 12.8. The maximum Gasteiger partial charge on any atom is 0.320 e. The SMILES string of the molecule is COc1ccc(C)nc1NC(=O)NC1CCC(C(=O)O)CC1. The number of aliphatic carboxylic acids is 1. The van der Waals surface area contributed by atoms with Crippen molar-refractivity contribution in [2.45, 2.75) is 38.6 Å². The number of aromatic nitrogens is 1. The number of anilines is 1. The van der Waals surface area contributed by atoms with Gasteiger partial charge in [-0.25, -0.2) is 9.78 Å². The smallest absolute Gasteiger partial charge is 0.320 e. The third kappa shape index (κ3) is 4.09. The Balaban J connectivity index is 1.89. The summed E-state index contributed by atoms with van der Waals surface area (Å²) in [6.45, 7) is 1.83. The van der Waals surface area contributed by atoms with Crippen LogP contribution in [0.5, 0.6) is 5.75 Å². The van der Waals surface area contributed by atoms with Crippen molar-refractivity contribution < 1.29 is 19.4 Å². The van der Waals surface area contributed by atoms with Crippen molar-refractivity contribution in [3.8, 4) is 5.75 Å². The zero-order chi connectivity index (χ0) is 16.1. The van der Waals surface area contributed by atoms with Crippen LogP contribution >= 0.6 is 0 Å². The van der Waals surface area contributed by atoms with Crippen molar-refractivity contribution in [1.82, 2.24) is 10.3 Å². The maximum absolute atomic E-state index is 12.0. The van der Waals surface area contributed by atoms with Gasteiger partial charge < -0.3 is 15.2 Å². The summed E-state index contributed by atoms with van der Waals surface area (Å²) < 4.78 is 5.16. The molecule has 1 fully saturated rings. The highest BCUT2D eigenvalue weighted by atomic mass is 16.5. The monoisotopic (exact) mass is 307 g/mol. The molecule has 1 aliphatic carbocycles. The molecule has 0 spiro atoms. The molecule has 1 heterocycles. The molecule has 1 aliphatic rings. The molecule has 22 heavy (non-hydrogen) atoms. The molecule has 7 heteroatoms. The minimum Gasteiger partial charge on any atom is -0.493 e. The molecule has 0 saturated heterocycles. The molecule has 120 valence electrons. The Hall–Kier alpha value is -2.31. The molecule has 0 aliphatic heterocycles. The van der Waals surface area contributed by atoms with Gasteiger partial charge in [-0.3, -0.25) is 10.1 Å². The van der Waals surface area contributed by atoms with Gasteiger partial charge >= 0.3 is 12.0 Å². The molecule has 3 N–H and O–H groups in total. The number of aryl methyl sites for hydroxylation is 1. The molecule has 7 nitrogen and oxygen atoms in total. The summed E-state index contributed by atoms with van der Waals surface area (Å²) in [6, 6.07) is 3.19. The van der Waals surface area contributed by atoms with Crippen LogP contribution in [0.3, 0.4) is 0 Å². The summed E-state index contributed by atoms with van der Waals surface area (Å²) >= 11 is 0. The summed E-state index contributed by atoms with van der Waals surface area (Å²) in [4.78, 5) is 27.2. The van der Waals surface area contributed by atoms with Gasteiger partial charge in [0.15, 0.2) is 11.6 Å². The molecular weight excluding hydrogens is 286 g/mol. The number of carboxylic acid groups (broad SMARTS) is 1. The number of ether oxygens (including phenoxy) is 1. The number of amides is 2. The summed E-state index contributed by atoms with van der Waals surface area (Å²) in [5.41, 5.74) is 0.776. The van der Waals surface area contributed by atoms with Crippen molar-refractivity contribution in [1.29, 1.82) is 0 Å². The van der Waals surface area contributed by atoms with Gasteiger partial charge in [-0.2, -0.15) is 0 Å². The number of pyridine rings is 1. The lowest BCUT2D eigenvalue weighted by Crippen LogP contribution is -2.41. The van der Waals surface area contributed by atoms with E-state index < -0.39 is 5.97 Å². The maximum atomic E-state index is 12.0. The summed E-state index contributed by atoms with van der Waals surface area (Å²) in [6.07, 6.45) is 2.52. The fourth-order valence-electron chi connectivity index (χ4n) is 2.61. The molecule has 0 bridgehead atoms. The Morgan fingerprint density at radius 1 is 1.27 bits per heavy atom. The molecule has 0 unspecified atom stereocenters. The quantitative estimate of drug-likeness (QED) is 0.791. The van der Waals surface area contributed by atoms with Gasteiger partial charge in [0.2, 0.25) is 0 Å². The van der Waals surface area contributed by atoms with Gasteiger partial charge in [-0.05, 0) is 44.7 Å². The second-order valence-electron chi connectivity index (χ2n) is 5.49. The highest BCUT2D eigenvalue weighted by Gasteiger charge is 2.26. The average molecular weight is 307 g/mol. The third-order valence-electron chi connectivity index (χ3n) is 3.86. The highest BCUT2D eigenvalue weighted by Crippen LogP contribution is 2.25. The second kappa shape index (κ2) is 7.11. The van der Waals surface area contributed by atoms with Crippen LogP contribution in [0, 0.1) is 12.8 Å². The molecule has 0 radical (unpaired) electrons. The van der Waals surface area contributed by atoms with Gasteiger partial charge in [0.25, 0.3) is 0 Å². The number of carbonyl (C=O) groups is 2. The second-order valence-corrected chi connectivity index (χ2v) is 5.49. The van der Waals surface area contributed by atoms with Crippen LogP contribution in [0.15, 0.2) is 12.1 Å². The summed E-state index contributed by atoms with van der Waals surface area (Å²) in [5.74, 6) is -0.175. The van der Waals surface area contributed by atoms with Crippen LogP contribution in [-0.2, 0) is 4.79 Å². The number of carbonyl (C=O) groups excluding carboxylic acids is 1. The number of hydrogen-bond acceptors (Lipinski definition) is 4. The first-order valence-corrected chi connectivity index (χ1v) is 7.31. The van der Waals surface area contributed by atoms with E-state index in [2.05, 4.69) is 15.6 Å². The Bertz CT molecular complexity index is 554. The van der Waals surface area contributed by atoms with E-state index in [1.807, 2.05) is 6.92 Å². The predicted molar refractivity (Wildman–Crippen MR) is 81.1 cm³/mol. The van der Waals surface area contributed by atoms with E-state index >= 15 is 0 Å². The molecule has 1 aromatic rings. The number of rotatable bonds is 4. The first-order chi connectivity index (χ1) is 10.5. The summed E-state index contributed by atoms with van der Waals surface area (Å²) in [5, 5.41) is 14.5. The van der Waals surface area contributed by atoms with Crippen LogP contribution in [0.25, 0.3) is 0 Å². The van der Waals surface area contributed by atoms with Crippen molar-refractivity contribution in [3.05, 3.63) is 17.8 Å². The fourth-order valence-corrected chi connectivity index (χ4v) is 2.61. The van der Waals surface area contributed by atoms with Gasteiger partial charge in [0.1, 0.15) is 0 Å². The van der Waals surface area contributed by atoms with E-state index in [1.54, 1.807) is 12.1 Å². The molecule has 2 amide bonds. The van der Waals surface area contributed by atoms with E-state index in [9.17, 15) is 9.59 Å². The Kier molecular flexibility index (Phi) is 5.19.